The van der Waals surface area contributed by atoms with E-state index in [4.69, 9.17) is 9.47 Å². The number of nitrogens with one attached hydrogen (secondary N) is 2. The standard InChI is InChI=1S/C17H26N6O2.HI/c1-18-17(20-6-3-9-25-11-10-24-2)22-13-15-4-5-16(21-12-15)23-8-7-19-14-23;/h4-5,7-8,12,14H,3,6,9-11,13H2,1-2H3,(H2,18,20,22);1H. The Labute approximate surface area is 171 Å². The maximum absolute atomic E-state index is 5.42. The highest BCUT2D eigenvalue weighted by Gasteiger charge is 2.01. The molecule has 2 aromatic rings. The zero-order valence-electron chi connectivity index (χ0n) is 15.2. The van der Waals surface area contributed by atoms with Crippen LogP contribution in [0.3, 0.4) is 0 Å². The number of halogens is 1. The van der Waals surface area contributed by atoms with Crippen molar-refractivity contribution in [2.45, 2.75) is 13.0 Å². The molecule has 2 aromatic heterocycles. The van der Waals surface area contributed by atoms with Gasteiger partial charge in [0.05, 0.1) is 13.2 Å². The van der Waals surface area contributed by atoms with Gasteiger partial charge >= 0.3 is 0 Å². The van der Waals surface area contributed by atoms with Crippen LogP contribution in [0.2, 0.25) is 0 Å². The third-order valence-corrected chi connectivity index (χ3v) is 3.45. The highest BCUT2D eigenvalue weighted by atomic mass is 127. The molecule has 0 aliphatic rings. The van der Waals surface area contributed by atoms with Crippen molar-refractivity contribution in [3.63, 3.8) is 0 Å². The Morgan fingerprint density at radius 1 is 1.23 bits per heavy atom. The Morgan fingerprint density at radius 2 is 2.12 bits per heavy atom. The lowest BCUT2D eigenvalue weighted by molar-refractivity contribution is 0.0698. The van der Waals surface area contributed by atoms with Crippen LogP contribution in [0.15, 0.2) is 42.0 Å². The van der Waals surface area contributed by atoms with E-state index in [-0.39, 0.29) is 24.0 Å². The summed E-state index contributed by atoms with van der Waals surface area (Å²) < 4.78 is 12.2. The molecule has 0 amide bonds. The lowest BCUT2D eigenvalue weighted by Gasteiger charge is -2.12. The second kappa shape index (κ2) is 13.5. The first-order valence-electron chi connectivity index (χ1n) is 8.28. The molecule has 0 unspecified atom stereocenters. The van der Waals surface area contributed by atoms with E-state index in [2.05, 4.69) is 25.6 Å². The van der Waals surface area contributed by atoms with Crippen LogP contribution in [0.5, 0.6) is 0 Å². The van der Waals surface area contributed by atoms with Gasteiger partial charge in [0, 0.05) is 52.4 Å². The second-order valence-corrected chi connectivity index (χ2v) is 5.31. The first kappa shape index (κ1) is 22.3. The molecule has 0 saturated heterocycles. The maximum Gasteiger partial charge on any atom is 0.191 e. The minimum Gasteiger partial charge on any atom is -0.382 e. The third-order valence-electron chi connectivity index (χ3n) is 3.45. The van der Waals surface area contributed by atoms with Crippen molar-refractivity contribution >= 4 is 29.9 Å². The molecule has 0 bridgehead atoms. The number of hydrogen-bond donors (Lipinski definition) is 2. The van der Waals surface area contributed by atoms with E-state index in [1.165, 1.54) is 0 Å². The van der Waals surface area contributed by atoms with Crippen LogP contribution in [0.4, 0.5) is 0 Å². The summed E-state index contributed by atoms with van der Waals surface area (Å²) in [5.74, 6) is 1.60. The molecular weight excluding hydrogens is 447 g/mol. The van der Waals surface area contributed by atoms with Crippen LogP contribution in [0.1, 0.15) is 12.0 Å². The molecule has 0 aliphatic carbocycles. The Balaban J connectivity index is 0.00000338. The van der Waals surface area contributed by atoms with Gasteiger partial charge in [0.15, 0.2) is 5.96 Å². The predicted octanol–water partition coefficient (Wildman–Crippen LogP) is 1.60. The number of pyridine rings is 1. The normalized spacial score (nSPS) is 11.1. The lowest BCUT2D eigenvalue weighted by Crippen LogP contribution is -2.37. The fraction of sp³-hybridized carbons (Fsp3) is 0.471. The smallest absolute Gasteiger partial charge is 0.191 e. The van der Waals surface area contributed by atoms with Gasteiger partial charge in [-0.1, -0.05) is 6.07 Å². The molecule has 0 aromatic carbocycles. The zero-order valence-corrected chi connectivity index (χ0v) is 17.6. The Hall–Kier alpha value is -1.72. The predicted molar refractivity (Wildman–Crippen MR) is 112 cm³/mol. The van der Waals surface area contributed by atoms with Crippen molar-refractivity contribution in [1.82, 2.24) is 25.2 Å². The number of nitrogens with zero attached hydrogens (tertiary/aromatic N) is 4. The summed E-state index contributed by atoms with van der Waals surface area (Å²) in [6.45, 7) is 3.41. The van der Waals surface area contributed by atoms with E-state index in [1.54, 1.807) is 26.7 Å². The molecule has 8 nitrogen and oxygen atoms in total. The van der Waals surface area contributed by atoms with Crippen molar-refractivity contribution in [2.75, 3.05) is 40.5 Å². The summed E-state index contributed by atoms with van der Waals surface area (Å²) in [5.41, 5.74) is 1.08. The van der Waals surface area contributed by atoms with E-state index in [1.807, 2.05) is 29.1 Å². The summed E-state index contributed by atoms with van der Waals surface area (Å²) in [6.07, 6.45) is 8.08. The molecule has 0 atom stereocenters. The SMILES string of the molecule is CN=C(NCCCOCCOC)NCc1ccc(-n2ccnc2)nc1.I. The number of ether oxygens (including phenoxy) is 2. The highest BCUT2D eigenvalue weighted by Crippen LogP contribution is 2.05. The molecule has 0 fully saturated rings. The molecule has 0 spiro atoms. The van der Waals surface area contributed by atoms with Gasteiger partial charge in [-0.25, -0.2) is 9.97 Å². The topological polar surface area (TPSA) is 85.6 Å². The van der Waals surface area contributed by atoms with Crippen LogP contribution in [0.25, 0.3) is 5.82 Å². The number of guanidine groups is 1. The number of rotatable bonds is 10. The average molecular weight is 474 g/mol. The van der Waals surface area contributed by atoms with Crippen LogP contribution >= 0.6 is 24.0 Å². The van der Waals surface area contributed by atoms with Crippen LogP contribution in [-0.4, -0.2) is 61.0 Å². The number of methoxy groups -OCH3 is 1. The third kappa shape index (κ3) is 8.11. The van der Waals surface area contributed by atoms with Gasteiger partial charge in [-0.2, -0.15) is 0 Å². The van der Waals surface area contributed by atoms with Gasteiger partial charge in [0.25, 0.3) is 0 Å². The molecule has 2 N–H and O–H groups in total. The largest absolute Gasteiger partial charge is 0.382 e. The van der Waals surface area contributed by atoms with Crippen molar-refractivity contribution in [3.8, 4) is 5.82 Å². The molecule has 2 rings (SSSR count). The highest BCUT2D eigenvalue weighted by molar-refractivity contribution is 14.0. The summed E-state index contributed by atoms with van der Waals surface area (Å²) >= 11 is 0. The van der Waals surface area contributed by atoms with E-state index in [9.17, 15) is 0 Å². The molecular formula is C17H27IN6O2. The zero-order chi connectivity index (χ0) is 17.7. The molecule has 144 valence electrons. The minimum absolute atomic E-state index is 0. The number of aromatic nitrogens is 3. The van der Waals surface area contributed by atoms with Crippen LogP contribution < -0.4 is 10.6 Å². The lowest BCUT2D eigenvalue weighted by atomic mass is 10.3. The maximum atomic E-state index is 5.42. The van der Waals surface area contributed by atoms with E-state index >= 15 is 0 Å². The fourth-order valence-corrected chi connectivity index (χ4v) is 2.10. The summed E-state index contributed by atoms with van der Waals surface area (Å²) in [5, 5.41) is 6.53. The van der Waals surface area contributed by atoms with E-state index in [0.29, 0.717) is 26.4 Å². The van der Waals surface area contributed by atoms with Gasteiger partial charge in [-0.3, -0.25) is 9.56 Å². The van der Waals surface area contributed by atoms with Crippen molar-refractivity contribution in [2.24, 2.45) is 4.99 Å². The van der Waals surface area contributed by atoms with Crippen LogP contribution in [-0.2, 0) is 16.0 Å². The summed E-state index contributed by atoms with van der Waals surface area (Å²) in [7, 11) is 3.42. The van der Waals surface area contributed by atoms with E-state index in [0.717, 1.165) is 30.3 Å². The Bertz CT molecular complexity index is 619. The van der Waals surface area contributed by atoms with Gasteiger partial charge in [-0.05, 0) is 18.1 Å². The quantitative estimate of drug-likeness (QED) is 0.236. The number of imidazole rings is 1. The van der Waals surface area contributed by atoms with Crippen molar-refractivity contribution in [3.05, 3.63) is 42.6 Å². The first-order valence-corrected chi connectivity index (χ1v) is 8.28. The fourth-order valence-electron chi connectivity index (χ4n) is 2.10. The van der Waals surface area contributed by atoms with E-state index < -0.39 is 0 Å². The van der Waals surface area contributed by atoms with Crippen molar-refractivity contribution in [1.29, 1.82) is 0 Å². The summed E-state index contributed by atoms with van der Waals surface area (Å²) in [6, 6.07) is 4.00. The van der Waals surface area contributed by atoms with Gasteiger partial charge in [0.2, 0.25) is 0 Å². The molecule has 2 heterocycles. The minimum atomic E-state index is 0. The average Bonchev–Trinajstić information content (AvgIpc) is 3.18. The molecule has 9 heteroatoms. The number of aliphatic imine (C=N–C) groups is 1. The first-order chi connectivity index (χ1) is 12.3. The second-order valence-electron chi connectivity index (χ2n) is 5.31. The Morgan fingerprint density at radius 3 is 2.77 bits per heavy atom. The monoisotopic (exact) mass is 474 g/mol. The van der Waals surface area contributed by atoms with Crippen molar-refractivity contribution < 1.29 is 9.47 Å². The number of hydrogen-bond acceptors (Lipinski definition) is 5. The molecule has 0 aliphatic heterocycles. The van der Waals surface area contributed by atoms with Gasteiger partial charge in [0.1, 0.15) is 12.1 Å². The molecule has 0 radical (unpaired) electrons. The van der Waals surface area contributed by atoms with Gasteiger partial charge in [-0.15, -0.1) is 24.0 Å². The van der Waals surface area contributed by atoms with Gasteiger partial charge < -0.3 is 20.1 Å². The molecule has 26 heavy (non-hydrogen) atoms. The summed E-state index contributed by atoms with van der Waals surface area (Å²) in [4.78, 5) is 12.7. The molecule has 0 saturated carbocycles. The Kier molecular flexibility index (Phi) is 11.6. The van der Waals surface area contributed by atoms with Crippen LogP contribution in [0, 0.1) is 0 Å².